The van der Waals surface area contributed by atoms with Gasteiger partial charge in [0.2, 0.25) is 0 Å². The molecule has 3 rings (SSSR count). The largest absolute Gasteiger partial charge is 0.464 e. The van der Waals surface area contributed by atoms with Crippen LogP contribution in [0.25, 0.3) is 0 Å². The van der Waals surface area contributed by atoms with Crippen LogP contribution in [0.15, 0.2) is 16.5 Å². The molecule has 2 unspecified atom stereocenters. The highest BCUT2D eigenvalue weighted by atomic mass is 16.3. The second kappa shape index (κ2) is 3.11. The number of hydrogen-bond acceptors (Lipinski definition) is 2. The maximum absolute atomic E-state index is 6.36. The molecule has 15 heavy (non-hydrogen) atoms. The van der Waals surface area contributed by atoms with Gasteiger partial charge in [0.15, 0.2) is 0 Å². The Morgan fingerprint density at radius 3 is 2.60 bits per heavy atom. The molecule has 1 aromatic rings. The fourth-order valence-electron chi connectivity index (χ4n) is 2.79. The average Bonchev–Trinajstić information content (AvgIpc) is 2.73. The molecule has 0 spiro atoms. The van der Waals surface area contributed by atoms with Crippen molar-refractivity contribution in [1.29, 1.82) is 0 Å². The van der Waals surface area contributed by atoms with Crippen LogP contribution in [-0.2, 0) is 5.54 Å². The van der Waals surface area contributed by atoms with E-state index in [2.05, 4.69) is 19.1 Å². The van der Waals surface area contributed by atoms with E-state index in [4.69, 9.17) is 10.2 Å². The van der Waals surface area contributed by atoms with Crippen molar-refractivity contribution in [2.24, 2.45) is 11.7 Å². The first-order valence-electron chi connectivity index (χ1n) is 6.08. The quantitative estimate of drug-likeness (QED) is 0.805. The van der Waals surface area contributed by atoms with E-state index in [-0.39, 0.29) is 5.54 Å². The summed E-state index contributed by atoms with van der Waals surface area (Å²) in [5.41, 5.74) is 6.20. The molecule has 1 heterocycles. The third-order valence-corrected chi connectivity index (χ3v) is 4.09. The molecule has 2 fully saturated rings. The Kier molecular flexibility index (Phi) is 1.96. The van der Waals surface area contributed by atoms with Crippen LogP contribution in [0, 0.1) is 5.92 Å². The Labute approximate surface area is 90.8 Å². The summed E-state index contributed by atoms with van der Waals surface area (Å²) in [5, 5.41) is 0. The summed E-state index contributed by atoms with van der Waals surface area (Å²) in [6.45, 7) is 2.28. The minimum atomic E-state index is -0.156. The Balaban J connectivity index is 1.83. The summed E-state index contributed by atoms with van der Waals surface area (Å²) in [6, 6.07) is 4.24. The van der Waals surface area contributed by atoms with Crippen LogP contribution >= 0.6 is 0 Å². The fraction of sp³-hybridized carbons (Fsp3) is 0.692. The smallest absolute Gasteiger partial charge is 0.124 e. The van der Waals surface area contributed by atoms with Crippen molar-refractivity contribution >= 4 is 0 Å². The zero-order chi connectivity index (χ0) is 10.5. The third kappa shape index (κ3) is 1.51. The van der Waals surface area contributed by atoms with Crippen molar-refractivity contribution in [3.05, 3.63) is 23.7 Å². The van der Waals surface area contributed by atoms with Crippen molar-refractivity contribution in [3.63, 3.8) is 0 Å². The SMILES string of the molecule is CC1CC1c1ccc(C2(N)CCCC2)o1. The second-order valence-corrected chi connectivity index (χ2v) is 5.38. The van der Waals surface area contributed by atoms with E-state index in [1.54, 1.807) is 0 Å². The van der Waals surface area contributed by atoms with Crippen molar-refractivity contribution in [1.82, 2.24) is 0 Å². The lowest BCUT2D eigenvalue weighted by atomic mass is 9.96. The molecular formula is C13H19NO. The summed E-state index contributed by atoms with van der Waals surface area (Å²) in [7, 11) is 0. The number of nitrogens with two attached hydrogens (primary N) is 1. The highest BCUT2D eigenvalue weighted by molar-refractivity contribution is 5.22. The lowest BCUT2D eigenvalue weighted by molar-refractivity contribution is 0.335. The molecule has 2 saturated carbocycles. The van der Waals surface area contributed by atoms with Gasteiger partial charge < -0.3 is 10.2 Å². The Morgan fingerprint density at radius 1 is 1.33 bits per heavy atom. The van der Waals surface area contributed by atoms with Crippen molar-refractivity contribution in [3.8, 4) is 0 Å². The lowest BCUT2D eigenvalue weighted by Gasteiger charge is -2.20. The predicted octanol–water partition coefficient (Wildman–Crippen LogP) is 3.13. The number of furan rings is 1. The molecule has 2 aliphatic carbocycles. The second-order valence-electron chi connectivity index (χ2n) is 5.38. The van der Waals surface area contributed by atoms with Gasteiger partial charge in [-0.25, -0.2) is 0 Å². The van der Waals surface area contributed by atoms with Crippen LogP contribution in [0.2, 0.25) is 0 Å². The summed E-state index contributed by atoms with van der Waals surface area (Å²) in [4.78, 5) is 0. The highest BCUT2D eigenvalue weighted by Gasteiger charge is 2.39. The molecule has 0 aromatic carbocycles. The van der Waals surface area contributed by atoms with Crippen LogP contribution in [-0.4, -0.2) is 0 Å². The van der Waals surface area contributed by atoms with Gasteiger partial charge in [-0.2, -0.15) is 0 Å². The Hall–Kier alpha value is -0.760. The highest BCUT2D eigenvalue weighted by Crippen LogP contribution is 2.48. The molecule has 2 atom stereocenters. The molecule has 2 N–H and O–H groups in total. The van der Waals surface area contributed by atoms with E-state index in [9.17, 15) is 0 Å². The minimum absolute atomic E-state index is 0.156. The average molecular weight is 205 g/mol. The molecule has 0 amide bonds. The van der Waals surface area contributed by atoms with Gasteiger partial charge in [0.25, 0.3) is 0 Å². The van der Waals surface area contributed by atoms with E-state index in [1.165, 1.54) is 19.3 Å². The molecule has 2 aliphatic rings. The monoisotopic (exact) mass is 205 g/mol. The third-order valence-electron chi connectivity index (χ3n) is 4.09. The summed E-state index contributed by atoms with van der Waals surface area (Å²) in [5.74, 6) is 3.66. The predicted molar refractivity (Wildman–Crippen MR) is 59.6 cm³/mol. The normalized spacial score (nSPS) is 33.2. The zero-order valence-electron chi connectivity index (χ0n) is 9.33. The maximum atomic E-state index is 6.36. The number of hydrogen-bond donors (Lipinski definition) is 1. The topological polar surface area (TPSA) is 39.2 Å². The van der Waals surface area contributed by atoms with Gasteiger partial charge >= 0.3 is 0 Å². The van der Waals surface area contributed by atoms with Gasteiger partial charge in [-0.1, -0.05) is 19.8 Å². The van der Waals surface area contributed by atoms with Gasteiger partial charge in [-0.3, -0.25) is 0 Å². The van der Waals surface area contributed by atoms with Crippen molar-refractivity contribution in [2.75, 3.05) is 0 Å². The van der Waals surface area contributed by atoms with Gasteiger partial charge in [0, 0.05) is 5.92 Å². The maximum Gasteiger partial charge on any atom is 0.124 e. The van der Waals surface area contributed by atoms with Gasteiger partial charge in [0.05, 0.1) is 5.54 Å². The Bertz CT molecular complexity index is 362. The summed E-state index contributed by atoms with van der Waals surface area (Å²) in [6.07, 6.45) is 5.93. The van der Waals surface area contributed by atoms with E-state index in [0.717, 1.165) is 30.3 Å². The van der Waals surface area contributed by atoms with Crippen LogP contribution < -0.4 is 5.73 Å². The van der Waals surface area contributed by atoms with Crippen molar-refractivity contribution < 1.29 is 4.42 Å². The molecule has 2 heteroatoms. The van der Waals surface area contributed by atoms with E-state index in [0.29, 0.717) is 5.92 Å². The fourth-order valence-corrected chi connectivity index (χ4v) is 2.79. The number of rotatable bonds is 2. The van der Waals surface area contributed by atoms with Crippen molar-refractivity contribution in [2.45, 2.75) is 50.5 Å². The molecule has 82 valence electrons. The molecule has 0 radical (unpaired) electrons. The van der Waals surface area contributed by atoms with Crippen LogP contribution in [0.3, 0.4) is 0 Å². The molecule has 0 bridgehead atoms. The molecule has 0 saturated heterocycles. The van der Waals surface area contributed by atoms with Gasteiger partial charge in [-0.05, 0) is 37.3 Å². The van der Waals surface area contributed by atoms with Gasteiger partial charge in [0.1, 0.15) is 11.5 Å². The minimum Gasteiger partial charge on any atom is -0.464 e. The molecule has 0 aliphatic heterocycles. The Morgan fingerprint density at radius 2 is 2.00 bits per heavy atom. The molecular weight excluding hydrogens is 186 g/mol. The van der Waals surface area contributed by atoms with Crippen LogP contribution in [0.1, 0.15) is 56.5 Å². The molecule has 2 nitrogen and oxygen atoms in total. The van der Waals surface area contributed by atoms with E-state index < -0.39 is 0 Å². The van der Waals surface area contributed by atoms with Crippen LogP contribution in [0.4, 0.5) is 0 Å². The van der Waals surface area contributed by atoms with Gasteiger partial charge in [-0.15, -0.1) is 0 Å². The summed E-state index contributed by atoms with van der Waals surface area (Å²) < 4.78 is 5.94. The first-order chi connectivity index (χ1) is 7.19. The molecule has 1 aromatic heterocycles. The zero-order valence-corrected chi connectivity index (χ0v) is 9.33. The van der Waals surface area contributed by atoms with Crippen LogP contribution in [0.5, 0.6) is 0 Å². The standard InChI is InChI=1S/C13H19NO/c1-9-8-10(9)11-4-5-12(15-11)13(14)6-2-3-7-13/h4-5,9-10H,2-3,6-8,14H2,1H3. The van der Waals surface area contributed by atoms with E-state index >= 15 is 0 Å². The summed E-state index contributed by atoms with van der Waals surface area (Å²) >= 11 is 0. The lowest BCUT2D eigenvalue weighted by Crippen LogP contribution is -2.32. The first-order valence-corrected chi connectivity index (χ1v) is 6.08. The first kappa shape index (κ1) is 9.46. The van der Waals surface area contributed by atoms with E-state index in [1.807, 2.05) is 0 Å².